The molecule has 1 aromatic heterocycles. The first-order chi connectivity index (χ1) is 7.75. The van der Waals surface area contributed by atoms with Crippen molar-refractivity contribution in [2.45, 2.75) is 13.0 Å². The predicted octanol–water partition coefficient (Wildman–Crippen LogP) is -1.98. The second-order valence-corrected chi connectivity index (χ2v) is 3.53. The van der Waals surface area contributed by atoms with E-state index in [1.54, 1.807) is 0 Å². The lowest BCUT2D eigenvalue weighted by Gasteiger charge is -2.18. The van der Waals surface area contributed by atoms with Gasteiger partial charge in [0, 0.05) is 13.1 Å². The average molecular weight is 224 g/mol. The first-order valence-corrected chi connectivity index (χ1v) is 5.01. The van der Waals surface area contributed by atoms with Crippen LogP contribution in [0.25, 0.3) is 0 Å². The molecule has 1 aliphatic heterocycles. The average Bonchev–Trinajstić information content (AvgIpc) is 2.65. The van der Waals surface area contributed by atoms with E-state index in [1.807, 2.05) is 0 Å². The minimum atomic E-state index is -0.149. The van der Waals surface area contributed by atoms with Crippen LogP contribution in [0.5, 0.6) is 0 Å². The Morgan fingerprint density at radius 2 is 2.44 bits per heavy atom. The third-order valence-electron chi connectivity index (χ3n) is 2.30. The number of carbonyl (C=O) groups is 2. The molecule has 1 N–H and O–H groups in total. The van der Waals surface area contributed by atoms with E-state index in [0.29, 0.717) is 13.1 Å². The van der Waals surface area contributed by atoms with Crippen LogP contribution in [-0.2, 0) is 16.1 Å². The largest absolute Gasteiger partial charge is 0.354 e. The maximum Gasteiger partial charge on any atom is 0.244 e. The van der Waals surface area contributed by atoms with Crippen LogP contribution in [-0.4, -0.2) is 56.6 Å². The number of rotatable bonds is 2. The third-order valence-corrected chi connectivity index (χ3v) is 2.30. The van der Waals surface area contributed by atoms with Crippen molar-refractivity contribution in [3.8, 4) is 0 Å². The maximum absolute atomic E-state index is 11.8. The smallest absolute Gasteiger partial charge is 0.244 e. The Hall–Kier alpha value is -1.99. The Kier molecular flexibility index (Phi) is 3.08. The van der Waals surface area contributed by atoms with Crippen molar-refractivity contribution < 1.29 is 9.59 Å². The van der Waals surface area contributed by atoms with Crippen molar-refractivity contribution in [1.29, 1.82) is 0 Å². The molecule has 0 spiro atoms. The molecule has 16 heavy (non-hydrogen) atoms. The number of nitrogens with one attached hydrogen (secondary N) is 1. The highest BCUT2D eigenvalue weighted by atomic mass is 16.2. The van der Waals surface area contributed by atoms with Crippen LogP contribution >= 0.6 is 0 Å². The standard InChI is InChI=1S/C8H12N6O2/c15-7-4-13(3-1-2-9-7)8(16)5-14-6-10-11-12-14/h6H,1-5H2,(H,9,15). The molecule has 0 saturated carbocycles. The topological polar surface area (TPSA) is 93.0 Å². The van der Waals surface area contributed by atoms with Crippen molar-refractivity contribution in [2.24, 2.45) is 0 Å². The van der Waals surface area contributed by atoms with Crippen LogP contribution in [0, 0.1) is 0 Å². The van der Waals surface area contributed by atoms with Crippen LogP contribution < -0.4 is 5.32 Å². The van der Waals surface area contributed by atoms with E-state index in [0.717, 1.165) is 6.42 Å². The maximum atomic E-state index is 11.8. The van der Waals surface area contributed by atoms with Crippen molar-refractivity contribution in [3.63, 3.8) is 0 Å². The molecule has 1 fully saturated rings. The zero-order valence-electron chi connectivity index (χ0n) is 8.67. The molecule has 1 saturated heterocycles. The first kappa shape index (κ1) is 10.5. The molecule has 0 atom stereocenters. The van der Waals surface area contributed by atoms with E-state index in [1.165, 1.54) is 15.9 Å². The van der Waals surface area contributed by atoms with E-state index < -0.39 is 0 Å². The van der Waals surface area contributed by atoms with Crippen molar-refractivity contribution in [3.05, 3.63) is 6.33 Å². The minimum Gasteiger partial charge on any atom is -0.354 e. The highest BCUT2D eigenvalue weighted by Crippen LogP contribution is 1.98. The summed E-state index contributed by atoms with van der Waals surface area (Å²) in [6, 6.07) is 0. The molecule has 2 amide bonds. The van der Waals surface area contributed by atoms with Gasteiger partial charge in [0.05, 0.1) is 6.54 Å². The number of aromatic nitrogens is 4. The van der Waals surface area contributed by atoms with Crippen LogP contribution in [0.3, 0.4) is 0 Å². The van der Waals surface area contributed by atoms with Gasteiger partial charge in [-0.05, 0) is 16.8 Å². The van der Waals surface area contributed by atoms with E-state index in [2.05, 4.69) is 20.8 Å². The van der Waals surface area contributed by atoms with Gasteiger partial charge in [0.1, 0.15) is 12.9 Å². The Labute approximate surface area is 91.6 Å². The van der Waals surface area contributed by atoms with Crippen LogP contribution in [0.1, 0.15) is 6.42 Å². The van der Waals surface area contributed by atoms with Gasteiger partial charge in [0.25, 0.3) is 0 Å². The SMILES string of the molecule is O=C1CN(C(=O)Cn2cnnn2)CCCN1. The van der Waals surface area contributed by atoms with E-state index in [9.17, 15) is 9.59 Å². The summed E-state index contributed by atoms with van der Waals surface area (Å²) in [4.78, 5) is 24.6. The van der Waals surface area contributed by atoms with E-state index in [-0.39, 0.29) is 24.9 Å². The highest BCUT2D eigenvalue weighted by Gasteiger charge is 2.19. The van der Waals surface area contributed by atoms with Gasteiger partial charge in [0.15, 0.2) is 0 Å². The molecule has 0 unspecified atom stereocenters. The second kappa shape index (κ2) is 4.69. The fourth-order valence-corrected chi connectivity index (χ4v) is 1.51. The van der Waals surface area contributed by atoms with E-state index >= 15 is 0 Å². The fourth-order valence-electron chi connectivity index (χ4n) is 1.51. The molecule has 2 heterocycles. The molecule has 1 aromatic rings. The first-order valence-electron chi connectivity index (χ1n) is 5.01. The van der Waals surface area contributed by atoms with Crippen molar-refractivity contribution >= 4 is 11.8 Å². The van der Waals surface area contributed by atoms with Gasteiger partial charge in [0.2, 0.25) is 11.8 Å². The molecule has 0 bridgehead atoms. The number of hydrogen-bond donors (Lipinski definition) is 1. The summed E-state index contributed by atoms with van der Waals surface area (Å²) in [6.07, 6.45) is 2.14. The molecular formula is C8H12N6O2. The quantitative estimate of drug-likeness (QED) is 0.628. The number of tetrazole rings is 1. The molecule has 2 rings (SSSR count). The lowest BCUT2D eigenvalue weighted by molar-refractivity contribution is -0.135. The molecule has 8 nitrogen and oxygen atoms in total. The molecule has 0 aromatic carbocycles. The molecule has 1 aliphatic rings. The number of hydrogen-bond acceptors (Lipinski definition) is 5. The summed E-state index contributed by atoms with van der Waals surface area (Å²) >= 11 is 0. The van der Waals surface area contributed by atoms with Crippen LogP contribution in [0.2, 0.25) is 0 Å². The predicted molar refractivity (Wildman–Crippen MR) is 52.0 cm³/mol. The summed E-state index contributed by atoms with van der Waals surface area (Å²) < 4.78 is 1.34. The molecule has 0 aliphatic carbocycles. The van der Waals surface area contributed by atoms with E-state index in [4.69, 9.17) is 0 Å². The Balaban J connectivity index is 1.95. The number of carbonyl (C=O) groups excluding carboxylic acids is 2. The number of nitrogens with zero attached hydrogens (tertiary/aromatic N) is 5. The normalized spacial score (nSPS) is 16.8. The zero-order valence-corrected chi connectivity index (χ0v) is 8.67. The Morgan fingerprint density at radius 3 is 3.19 bits per heavy atom. The lowest BCUT2D eigenvalue weighted by atomic mass is 10.4. The van der Waals surface area contributed by atoms with Crippen LogP contribution in [0.4, 0.5) is 0 Å². The highest BCUT2D eigenvalue weighted by molar-refractivity contribution is 5.85. The summed E-state index contributed by atoms with van der Waals surface area (Å²) in [5, 5.41) is 13.2. The van der Waals surface area contributed by atoms with Gasteiger partial charge in [-0.2, -0.15) is 0 Å². The Morgan fingerprint density at radius 1 is 1.56 bits per heavy atom. The van der Waals surface area contributed by atoms with Gasteiger partial charge < -0.3 is 10.2 Å². The summed E-state index contributed by atoms with van der Waals surface area (Å²) in [5.41, 5.74) is 0. The molecule has 86 valence electrons. The summed E-state index contributed by atoms with van der Waals surface area (Å²) in [6.45, 7) is 1.38. The summed E-state index contributed by atoms with van der Waals surface area (Å²) in [5.74, 6) is -0.271. The van der Waals surface area contributed by atoms with Crippen LogP contribution in [0.15, 0.2) is 6.33 Å². The molecular weight excluding hydrogens is 212 g/mol. The van der Waals surface area contributed by atoms with Gasteiger partial charge in [-0.15, -0.1) is 5.10 Å². The van der Waals surface area contributed by atoms with Crippen molar-refractivity contribution in [2.75, 3.05) is 19.6 Å². The fraction of sp³-hybridized carbons (Fsp3) is 0.625. The third kappa shape index (κ3) is 2.53. The van der Waals surface area contributed by atoms with Gasteiger partial charge >= 0.3 is 0 Å². The minimum absolute atomic E-state index is 0.0697. The lowest BCUT2D eigenvalue weighted by Crippen LogP contribution is -2.39. The van der Waals surface area contributed by atoms with Gasteiger partial charge in [-0.1, -0.05) is 0 Å². The monoisotopic (exact) mass is 224 g/mol. The summed E-state index contributed by atoms with van der Waals surface area (Å²) in [7, 11) is 0. The molecule has 8 heteroatoms. The number of amides is 2. The van der Waals surface area contributed by atoms with Crippen molar-refractivity contribution in [1.82, 2.24) is 30.4 Å². The zero-order chi connectivity index (χ0) is 11.4. The van der Waals surface area contributed by atoms with Gasteiger partial charge in [-0.25, -0.2) is 4.68 Å². The molecule has 0 radical (unpaired) electrons. The van der Waals surface area contributed by atoms with Gasteiger partial charge in [-0.3, -0.25) is 9.59 Å². The second-order valence-electron chi connectivity index (χ2n) is 3.53. The Bertz CT molecular complexity index is 376.